The van der Waals surface area contributed by atoms with Crippen molar-refractivity contribution in [2.45, 2.75) is 43.9 Å². The van der Waals surface area contributed by atoms with Crippen molar-refractivity contribution in [3.63, 3.8) is 0 Å². The van der Waals surface area contributed by atoms with Crippen LogP contribution in [0.5, 0.6) is 0 Å². The first-order chi connectivity index (χ1) is 14.5. The zero-order chi connectivity index (χ0) is 20.8. The van der Waals surface area contributed by atoms with Gasteiger partial charge in [0.05, 0.1) is 5.41 Å². The summed E-state index contributed by atoms with van der Waals surface area (Å²) in [7, 11) is 0. The van der Waals surface area contributed by atoms with Gasteiger partial charge in [0.2, 0.25) is 0 Å². The average Bonchev–Trinajstić information content (AvgIpc) is 2.72. The van der Waals surface area contributed by atoms with Crippen LogP contribution in [0.25, 0.3) is 0 Å². The van der Waals surface area contributed by atoms with Crippen molar-refractivity contribution in [3.8, 4) is 0 Å². The summed E-state index contributed by atoms with van der Waals surface area (Å²) < 4.78 is 5.59. The number of carbonyl (C=O) groups is 2. The van der Waals surface area contributed by atoms with Crippen LogP contribution in [0, 0.1) is 17.3 Å². The third-order valence-electron chi connectivity index (χ3n) is 7.32. The molecule has 4 aliphatic carbocycles. The molecule has 6 rings (SSSR count). The molecule has 30 heavy (non-hydrogen) atoms. The second-order valence-electron chi connectivity index (χ2n) is 9.52. The van der Waals surface area contributed by atoms with Gasteiger partial charge in [0.15, 0.2) is 6.61 Å². The first-order valence-corrected chi connectivity index (χ1v) is 11.1. The molecule has 0 spiro atoms. The van der Waals surface area contributed by atoms with E-state index in [4.69, 9.17) is 16.3 Å². The van der Waals surface area contributed by atoms with Crippen LogP contribution in [0.1, 0.15) is 44.1 Å². The van der Waals surface area contributed by atoms with E-state index in [2.05, 4.69) is 29.6 Å². The molecule has 1 N–H and O–H groups in total. The van der Waals surface area contributed by atoms with Gasteiger partial charge in [-0.25, -0.2) is 0 Å². The molecule has 0 aliphatic heterocycles. The molecule has 4 nitrogen and oxygen atoms in total. The number of benzene rings is 2. The Morgan fingerprint density at radius 1 is 1.00 bits per heavy atom. The second kappa shape index (κ2) is 7.42. The molecule has 4 bridgehead atoms. The van der Waals surface area contributed by atoms with E-state index in [1.807, 2.05) is 6.07 Å². The minimum absolute atomic E-state index is 0.0768. The van der Waals surface area contributed by atoms with Gasteiger partial charge in [0.1, 0.15) is 0 Å². The molecule has 2 aromatic rings. The van der Waals surface area contributed by atoms with Crippen molar-refractivity contribution in [1.82, 2.24) is 0 Å². The molecule has 2 unspecified atom stereocenters. The third kappa shape index (κ3) is 3.51. The van der Waals surface area contributed by atoms with Gasteiger partial charge in [-0.2, -0.15) is 0 Å². The fraction of sp³-hybridized carbons (Fsp3) is 0.440. The maximum Gasteiger partial charge on any atom is 0.312 e. The summed E-state index contributed by atoms with van der Waals surface area (Å²) in [5.41, 5.74) is 1.58. The van der Waals surface area contributed by atoms with Crippen molar-refractivity contribution >= 4 is 29.2 Å². The van der Waals surface area contributed by atoms with E-state index in [0.717, 1.165) is 32.1 Å². The summed E-state index contributed by atoms with van der Waals surface area (Å²) in [6.07, 6.45) is 6.18. The summed E-state index contributed by atoms with van der Waals surface area (Å²) in [5, 5.41) is 3.29. The Balaban J connectivity index is 1.29. The lowest BCUT2D eigenvalue weighted by molar-refractivity contribution is -0.175. The highest BCUT2D eigenvalue weighted by molar-refractivity contribution is 6.30. The number of hydrogen-bond donors (Lipinski definition) is 1. The maximum absolute atomic E-state index is 13.3. The van der Waals surface area contributed by atoms with E-state index < -0.39 is 5.41 Å². The van der Waals surface area contributed by atoms with Crippen molar-refractivity contribution < 1.29 is 14.3 Å². The Morgan fingerprint density at radius 3 is 2.43 bits per heavy atom. The Kier molecular flexibility index (Phi) is 4.85. The fourth-order valence-corrected chi connectivity index (χ4v) is 6.87. The zero-order valence-corrected chi connectivity index (χ0v) is 17.7. The van der Waals surface area contributed by atoms with Crippen molar-refractivity contribution in [2.24, 2.45) is 17.3 Å². The summed E-state index contributed by atoms with van der Waals surface area (Å²) in [5.74, 6) is 0.602. The summed E-state index contributed by atoms with van der Waals surface area (Å²) in [6, 6.07) is 17.6. The molecule has 0 heterocycles. The summed E-state index contributed by atoms with van der Waals surface area (Å²) in [6.45, 7) is -0.263. The van der Waals surface area contributed by atoms with Crippen LogP contribution in [-0.2, 0) is 19.7 Å². The number of ether oxygens (including phenoxy) is 1. The number of rotatable bonds is 5. The molecule has 4 saturated carbocycles. The van der Waals surface area contributed by atoms with Crippen LogP contribution in [0.2, 0.25) is 5.02 Å². The molecular formula is C25H26ClNO3. The van der Waals surface area contributed by atoms with Gasteiger partial charge in [-0.05, 0) is 79.5 Å². The highest BCUT2D eigenvalue weighted by Crippen LogP contribution is 2.66. The van der Waals surface area contributed by atoms with Crippen molar-refractivity contribution in [1.29, 1.82) is 0 Å². The molecule has 0 radical (unpaired) electrons. The molecule has 4 aliphatic rings. The lowest BCUT2D eigenvalue weighted by Crippen LogP contribution is -2.57. The first kappa shape index (κ1) is 19.6. The SMILES string of the molecule is O=C(COC(=O)C12CC3CC(C1)CC(c1ccccc1)(C3)C2)Nc1cccc(Cl)c1. The number of hydrogen-bond acceptors (Lipinski definition) is 3. The van der Waals surface area contributed by atoms with Crippen molar-refractivity contribution in [3.05, 3.63) is 65.2 Å². The fourth-order valence-electron chi connectivity index (χ4n) is 6.68. The number of amides is 1. The molecule has 0 saturated heterocycles. The van der Waals surface area contributed by atoms with Gasteiger partial charge in [0, 0.05) is 10.7 Å². The Bertz CT molecular complexity index is 959. The monoisotopic (exact) mass is 423 g/mol. The van der Waals surface area contributed by atoms with Crippen molar-refractivity contribution in [2.75, 3.05) is 11.9 Å². The van der Waals surface area contributed by atoms with Crippen LogP contribution in [0.3, 0.4) is 0 Å². The van der Waals surface area contributed by atoms with Crippen LogP contribution >= 0.6 is 11.6 Å². The molecule has 1 amide bonds. The van der Waals surface area contributed by atoms with E-state index >= 15 is 0 Å². The van der Waals surface area contributed by atoms with Gasteiger partial charge >= 0.3 is 5.97 Å². The van der Waals surface area contributed by atoms with Gasteiger partial charge in [0.25, 0.3) is 5.91 Å². The van der Waals surface area contributed by atoms with Gasteiger partial charge < -0.3 is 10.1 Å². The predicted molar refractivity (Wildman–Crippen MR) is 116 cm³/mol. The summed E-state index contributed by atoms with van der Waals surface area (Å²) in [4.78, 5) is 25.6. The van der Waals surface area contributed by atoms with E-state index in [1.54, 1.807) is 24.3 Å². The molecule has 156 valence electrons. The lowest BCUT2D eigenvalue weighted by atomic mass is 9.43. The molecular weight excluding hydrogens is 398 g/mol. The number of esters is 1. The van der Waals surface area contributed by atoms with Crippen LogP contribution < -0.4 is 5.32 Å². The van der Waals surface area contributed by atoms with E-state index in [1.165, 1.54) is 12.0 Å². The van der Waals surface area contributed by atoms with Gasteiger partial charge in [-0.3, -0.25) is 9.59 Å². The quantitative estimate of drug-likeness (QED) is 0.658. The average molecular weight is 424 g/mol. The zero-order valence-electron chi connectivity index (χ0n) is 16.9. The third-order valence-corrected chi connectivity index (χ3v) is 7.56. The molecule has 2 aromatic carbocycles. The van der Waals surface area contributed by atoms with Gasteiger partial charge in [-0.15, -0.1) is 0 Å². The normalized spacial score (nSPS) is 31.4. The maximum atomic E-state index is 13.3. The van der Waals surface area contributed by atoms with Crippen LogP contribution in [0.15, 0.2) is 54.6 Å². The lowest BCUT2D eigenvalue weighted by Gasteiger charge is -2.61. The molecule has 0 aromatic heterocycles. The predicted octanol–water partition coefficient (Wildman–Crippen LogP) is 5.36. The van der Waals surface area contributed by atoms with Gasteiger partial charge in [-0.1, -0.05) is 48.0 Å². The standard InChI is InChI=1S/C25H26ClNO3/c26-20-7-4-8-21(10-20)27-22(28)15-30-23(29)25-13-17-9-18(14-25)12-24(11-17,16-25)19-5-2-1-3-6-19/h1-8,10,17-18H,9,11-16H2,(H,27,28). The molecule has 5 heteroatoms. The number of anilines is 1. The Morgan fingerprint density at radius 2 is 1.73 bits per heavy atom. The van der Waals surface area contributed by atoms with E-state index in [0.29, 0.717) is 22.5 Å². The number of carbonyl (C=O) groups excluding carboxylic acids is 2. The number of nitrogens with one attached hydrogen (secondary N) is 1. The Labute approximate surface area is 182 Å². The Hall–Kier alpha value is -2.33. The number of halogens is 1. The van der Waals surface area contributed by atoms with E-state index in [9.17, 15) is 9.59 Å². The minimum Gasteiger partial charge on any atom is -0.455 e. The highest BCUT2D eigenvalue weighted by Gasteiger charge is 2.61. The molecule has 4 fully saturated rings. The molecule has 2 atom stereocenters. The summed E-state index contributed by atoms with van der Waals surface area (Å²) >= 11 is 5.96. The topological polar surface area (TPSA) is 55.4 Å². The smallest absolute Gasteiger partial charge is 0.312 e. The first-order valence-electron chi connectivity index (χ1n) is 10.7. The van der Waals surface area contributed by atoms with E-state index in [-0.39, 0.29) is 23.9 Å². The second-order valence-corrected chi connectivity index (χ2v) is 9.96. The van der Waals surface area contributed by atoms with Crippen LogP contribution in [0.4, 0.5) is 5.69 Å². The largest absolute Gasteiger partial charge is 0.455 e. The minimum atomic E-state index is -0.448. The van der Waals surface area contributed by atoms with Crippen LogP contribution in [-0.4, -0.2) is 18.5 Å². The highest BCUT2D eigenvalue weighted by atomic mass is 35.5.